The topological polar surface area (TPSA) is 127 Å². The Labute approximate surface area is 159 Å². The summed E-state index contributed by atoms with van der Waals surface area (Å²) < 4.78 is 0. The molecule has 0 aliphatic carbocycles. The van der Waals surface area contributed by atoms with Crippen molar-refractivity contribution >= 4 is 28.2 Å². The molecule has 3 aromatic rings. The number of nitrogens with one attached hydrogen (secondary N) is 2. The van der Waals surface area contributed by atoms with E-state index in [2.05, 4.69) is 25.5 Å². The Hall–Kier alpha value is -3.07. The normalized spacial score (nSPS) is 10.7. The Balaban J connectivity index is 1.57. The Bertz CT molecular complexity index is 954. The van der Waals surface area contributed by atoms with Crippen LogP contribution in [0.5, 0.6) is 0 Å². The molecule has 0 atom stereocenters. The molecule has 2 aromatic heterocycles. The largest absolute Gasteiger partial charge is 0.374 e. The summed E-state index contributed by atoms with van der Waals surface area (Å²) in [4.78, 5) is 30.2. The molecule has 0 spiro atoms. The number of carbonyl (C=O) groups excluding carboxylic acids is 1. The van der Waals surface area contributed by atoms with Crippen LogP contribution in [0.3, 0.4) is 0 Å². The molecule has 140 valence electrons. The van der Waals surface area contributed by atoms with Crippen molar-refractivity contribution < 1.29 is 4.79 Å². The van der Waals surface area contributed by atoms with Crippen LogP contribution in [0.25, 0.3) is 0 Å². The third-order valence-corrected chi connectivity index (χ3v) is 4.74. The number of aryl methyl sites for hydroxylation is 2. The molecule has 0 saturated heterocycles. The van der Waals surface area contributed by atoms with Gasteiger partial charge in [-0.1, -0.05) is 41.7 Å². The fourth-order valence-electron chi connectivity index (χ4n) is 2.65. The Morgan fingerprint density at radius 1 is 1.15 bits per heavy atom. The number of aromatic amines is 1. The van der Waals surface area contributed by atoms with Crippen LogP contribution in [-0.4, -0.2) is 26.1 Å². The molecule has 0 fully saturated rings. The van der Waals surface area contributed by atoms with Gasteiger partial charge in [0, 0.05) is 18.2 Å². The van der Waals surface area contributed by atoms with Crippen molar-refractivity contribution in [3.8, 4) is 0 Å². The van der Waals surface area contributed by atoms with Gasteiger partial charge in [0.15, 0.2) is 0 Å². The van der Waals surface area contributed by atoms with Crippen LogP contribution in [0, 0.1) is 0 Å². The van der Waals surface area contributed by atoms with E-state index < -0.39 is 5.69 Å². The standard InChI is InChI=1S/C18H20N6O2S/c19-17-24-23-15(27-17)9-5-4-8-13-11-20-18(26)22-16(13)21-14(25)10-12-6-2-1-3-7-12/h1-3,6-7,11H,4-5,8-10H2,(H2,19,24)(H2,20,21,22,25,26). The monoisotopic (exact) mass is 384 g/mol. The van der Waals surface area contributed by atoms with Crippen molar-refractivity contribution in [2.75, 3.05) is 11.1 Å². The van der Waals surface area contributed by atoms with Crippen LogP contribution in [-0.2, 0) is 24.1 Å². The van der Waals surface area contributed by atoms with E-state index in [9.17, 15) is 9.59 Å². The molecule has 2 heterocycles. The molecule has 0 radical (unpaired) electrons. The molecule has 1 amide bonds. The lowest BCUT2D eigenvalue weighted by molar-refractivity contribution is -0.115. The molecule has 1 aromatic carbocycles. The maximum absolute atomic E-state index is 12.3. The van der Waals surface area contributed by atoms with Crippen molar-refractivity contribution in [3.63, 3.8) is 0 Å². The Morgan fingerprint density at radius 3 is 2.67 bits per heavy atom. The highest BCUT2D eigenvalue weighted by molar-refractivity contribution is 7.15. The number of aromatic nitrogens is 4. The molecule has 4 N–H and O–H groups in total. The summed E-state index contributed by atoms with van der Waals surface area (Å²) in [6.45, 7) is 0. The summed E-state index contributed by atoms with van der Waals surface area (Å²) in [5.74, 6) is 0.227. The van der Waals surface area contributed by atoms with E-state index in [-0.39, 0.29) is 12.3 Å². The molecule has 0 aliphatic rings. The highest BCUT2D eigenvalue weighted by Crippen LogP contribution is 2.17. The van der Waals surface area contributed by atoms with Crippen LogP contribution in [0.1, 0.15) is 29.0 Å². The van der Waals surface area contributed by atoms with Gasteiger partial charge >= 0.3 is 5.69 Å². The SMILES string of the molecule is Nc1nnc(CCCCc2cnc(=O)[nH]c2NC(=O)Cc2ccccc2)s1. The number of nitrogen functional groups attached to an aromatic ring is 1. The number of benzene rings is 1. The van der Waals surface area contributed by atoms with Gasteiger partial charge in [-0.25, -0.2) is 9.78 Å². The molecule has 8 nitrogen and oxygen atoms in total. The lowest BCUT2D eigenvalue weighted by Crippen LogP contribution is -2.21. The first-order valence-corrected chi connectivity index (χ1v) is 9.41. The van der Waals surface area contributed by atoms with Gasteiger partial charge in [-0.15, -0.1) is 10.2 Å². The zero-order chi connectivity index (χ0) is 19.1. The zero-order valence-electron chi connectivity index (χ0n) is 14.6. The first-order valence-electron chi connectivity index (χ1n) is 8.60. The van der Waals surface area contributed by atoms with Gasteiger partial charge in [-0.05, 0) is 24.8 Å². The summed E-state index contributed by atoms with van der Waals surface area (Å²) in [5.41, 5.74) is 6.79. The van der Waals surface area contributed by atoms with Crippen LogP contribution < -0.4 is 16.7 Å². The number of anilines is 2. The first-order chi connectivity index (χ1) is 13.1. The number of hydrogen-bond donors (Lipinski definition) is 3. The average molecular weight is 384 g/mol. The third-order valence-electron chi connectivity index (χ3n) is 3.93. The molecule has 0 bridgehead atoms. The molecule has 0 aliphatic heterocycles. The molecular formula is C18H20N6O2S. The van der Waals surface area contributed by atoms with Gasteiger partial charge in [0.1, 0.15) is 10.8 Å². The average Bonchev–Trinajstić information content (AvgIpc) is 3.06. The van der Waals surface area contributed by atoms with Gasteiger partial charge in [0.2, 0.25) is 11.0 Å². The van der Waals surface area contributed by atoms with Crippen molar-refractivity contribution in [3.05, 3.63) is 63.1 Å². The number of amides is 1. The van der Waals surface area contributed by atoms with Gasteiger partial charge in [-0.3, -0.25) is 9.78 Å². The Kier molecular flexibility index (Phi) is 6.26. The van der Waals surface area contributed by atoms with Crippen molar-refractivity contribution in [1.29, 1.82) is 0 Å². The quantitative estimate of drug-likeness (QED) is 0.510. The summed E-state index contributed by atoms with van der Waals surface area (Å²) >= 11 is 1.39. The van der Waals surface area contributed by atoms with E-state index >= 15 is 0 Å². The van der Waals surface area contributed by atoms with Crippen molar-refractivity contribution in [2.24, 2.45) is 0 Å². The second-order valence-corrected chi connectivity index (χ2v) is 7.13. The highest BCUT2D eigenvalue weighted by atomic mass is 32.1. The zero-order valence-corrected chi connectivity index (χ0v) is 15.5. The number of H-pyrrole nitrogens is 1. The molecule has 27 heavy (non-hydrogen) atoms. The predicted octanol–water partition coefficient (Wildman–Crippen LogP) is 1.95. The van der Waals surface area contributed by atoms with Crippen LogP contribution in [0.2, 0.25) is 0 Å². The van der Waals surface area contributed by atoms with E-state index in [1.165, 1.54) is 17.5 Å². The minimum absolute atomic E-state index is 0.186. The number of nitrogens with two attached hydrogens (primary N) is 1. The summed E-state index contributed by atoms with van der Waals surface area (Å²) in [5, 5.41) is 12.0. The summed E-state index contributed by atoms with van der Waals surface area (Å²) in [7, 11) is 0. The minimum atomic E-state index is -0.488. The number of nitrogens with zero attached hydrogens (tertiary/aromatic N) is 3. The second-order valence-electron chi connectivity index (χ2n) is 6.04. The minimum Gasteiger partial charge on any atom is -0.374 e. The number of unbranched alkanes of at least 4 members (excludes halogenated alkanes) is 1. The van der Waals surface area contributed by atoms with Crippen molar-refractivity contribution in [2.45, 2.75) is 32.1 Å². The lowest BCUT2D eigenvalue weighted by Gasteiger charge is -2.10. The molecule has 3 rings (SSSR count). The number of rotatable bonds is 8. The first kappa shape index (κ1) is 18.7. The number of hydrogen-bond acceptors (Lipinski definition) is 7. The van der Waals surface area contributed by atoms with Crippen LogP contribution in [0.4, 0.5) is 10.9 Å². The van der Waals surface area contributed by atoms with E-state index in [0.29, 0.717) is 17.4 Å². The third kappa shape index (κ3) is 5.71. The second kappa shape index (κ2) is 9.04. The summed E-state index contributed by atoms with van der Waals surface area (Å²) in [6, 6.07) is 9.43. The summed E-state index contributed by atoms with van der Waals surface area (Å²) in [6.07, 6.45) is 4.98. The van der Waals surface area contributed by atoms with Gasteiger partial charge in [-0.2, -0.15) is 0 Å². The molecule has 0 unspecified atom stereocenters. The lowest BCUT2D eigenvalue weighted by atomic mass is 10.1. The number of carbonyl (C=O) groups is 1. The van der Waals surface area contributed by atoms with Gasteiger partial charge in [0.25, 0.3) is 0 Å². The van der Waals surface area contributed by atoms with Crippen LogP contribution >= 0.6 is 11.3 Å². The van der Waals surface area contributed by atoms with Crippen LogP contribution in [0.15, 0.2) is 41.3 Å². The van der Waals surface area contributed by atoms with E-state index in [1.807, 2.05) is 30.3 Å². The fourth-order valence-corrected chi connectivity index (χ4v) is 3.30. The molecule has 0 saturated carbocycles. The van der Waals surface area contributed by atoms with E-state index in [0.717, 1.165) is 35.4 Å². The maximum atomic E-state index is 12.3. The highest BCUT2D eigenvalue weighted by Gasteiger charge is 2.10. The molecule has 9 heteroatoms. The predicted molar refractivity (Wildman–Crippen MR) is 105 cm³/mol. The Morgan fingerprint density at radius 2 is 1.93 bits per heavy atom. The van der Waals surface area contributed by atoms with Gasteiger partial charge < -0.3 is 11.1 Å². The van der Waals surface area contributed by atoms with Gasteiger partial charge in [0.05, 0.1) is 6.42 Å². The smallest absolute Gasteiger partial charge is 0.346 e. The fraction of sp³-hybridized carbons (Fsp3) is 0.278. The van der Waals surface area contributed by atoms with Crippen molar-refractivity contribution in [1.82, 2.24) is 20.2 Å². The molecular weight excluding hydrogens is 364 g/mol. The maximum Gasteiger partial charge on any atom is 0.346 e. The van der Waals surface area contributed by atoms with E-state index in [4.69, 9.17) is 5.73 Å². The van der Waals surface area contributed by atoms with E-state index in [1.54, 1.807) is 0 Å².